The Morgan fingerprint density at radius 1 is 1.03 bits per heavy atom. The fraction of sp³-hybridized carbons (Fsp3) is 0.435. The summed E-state index contributed by atoms with van der Waals surface area (Å²) < 4.78 is 26.9. The summed E-state index contributed by atoms with van der Waals surface area (Å²) in [6.45, 7) is 4.85. The number of carbonyl (C=O) groups excluding carboxylic acids is 1. The van der Waals surface area contributed by atoms with Crippen LogP contribution >= 0.6 is 0 Å². The van der Waals surface area contributed by atoms with Crippen LogP contribution in [0.5, 0.6) is 0 Å². The van der Waals surface area contributed by atoms with Gasteiger partial charge < -0.3 is 5.32 Å². The predicted molar refractivity (Wildman–Crippen MR) is 117 cm³/mol. The van der Waals surface area contributed by atoms with Crippen LogP contribution in [-0.4, -0.2) is 37.5 Å². The normalized spacial score (nSPS) is 15.9. The maximum Gasteiger partial charge on any atom is 0.227 e. The minimum atomic E-state index is -3.27. The lowest BCUT2D eigenvalue weighted by Crippen LogP contribution is -2.42. The van der Waals surface area contributed by atoms with E-state index in [0.717, 1.165) is 28.8 Å². The second-order valence-electron chi connectivity index (χ2n) is 7.82. The summed E-state index contributed by atoms with van der Waals surface area (Å²) in [5.74, 6) is -0.00756. The van der Waals surface area contributed by atoms with E-state index in [-0.39, 0.29) is 17.6 Å². The van der Waals surface area contributed by atoms with Gasteiger partial charge in [0.05, 0.1) is 5.75 Å². The molecule has 29 heavy (non-hydrogen) atoms. The molecule has 1 N–H and O–H groups in total. The monoisotopic (exact) mass is 414 g/mol. The number of hydrogen-bond acceptors (Lipinski definition) is 3. The van der Waals surface area contributed by atoms with E-state index >= 15 is 0 Å². The number of carbonyl (C=O) groups is 1. The fourth-order valence-electron chi connectivity index (χ4n) is 3.75. The summed E-state index contributed by atoms with van der Waals surface area (Å²) in [5, 5.41) is 3.02. The van der Waals surface area contributed by atoms with Crippen LogP contribution in [-0.2, 0) is 21.2 Å². The van der Waals surface area contributed by atoms with Crippen LogP contribution in [0.1, 0.15) is 36.0 Å². The molecule has 0 spiro atoms. The van der Waals surface area contributed by atoms with Gasteiger partial charge in [-0.2, -0.15) is 0 Å². The maximum atomic E-state index is 12.7. The van der Waals surface area contributed by atoms with Crippen LogP contribution in [0.15, 0.2) is 48.5 Å². The molecule has 6 heteroatoms. The van der Waals surface area contributed by atoms with Crippen molar-refractivity contribution in [1.82, 2.24) is 4.31 Å². The third-order valence-corrected chi connectivity index (χ3v) is 7.75. The first kappa shape index (κ1) is 21.5. The van der Waals surface area contributed by atoms with E-state index in [1.165, 1.54) is 0 Å². The van der Waals surface area contributed by atoms with Crippen molar-refractivity contribution in [2.75, 3.05) is 24.2 Å². The minimum Gasteiger partial charge on any atom is -0.326 e. The highest BCUT2D eigenvalue weighted by Gasteiger charge is 2.31. The van der Waals surface area contributed by atoms with Gasteiger partial charge in [0.25, 0.3) is 0 Å². The van der Waals surface area contributed by atoms with Gasteiger partial charge in [0, 0.05) is 24.7 Å². The summed E-state index contributed by atoms with van der Waals surface area (Å²) in [6.07, 6.45) is 2.50. The van der Waals surface area contributed by atoms with Gasteiger partial charge in [-0.1, -0.05) is 42.5 Å². The number of piperidine rings is 1. The lowest BCUT2D eigenvalue weighted by molar-refractivity contribution is -0.120. The Morgan fingerprint density at radius 2 is 1.72 bits per heavy atom. The fourth-order valence-corrected chi connectivity index (χ4v) is 5.28. The molecule has 1 heterocycles. The van der Waals surface area contributed by atoms with Crippen LogP contribution in [0.4, 0.5) is 5.69 Å². The first-order valence-corrected chi connectivity index (χ1v) is 11.9. The Morgan fingerprint density at radius 3 is 2.41 bits per heavy atom. The molecule has 1 saturated heterocycles. The average Bonchev–Trinajstić information content (AvgIpc) is 2.72. The molecule has 2 aromatic carbocycles. The van der Waals surface area contributed by atoms with Crippen LogP contribution < -0.4 is 5.32 Å². The predicted octanol–water partition coefficient (Wildman–Crippen LogP) is 3.92. The average molecular weight is 415 g/mol. The molecule has 1 aliphatic rings. The zero-order valence-electron chi connectivity index (χ0n) is 17.2. The number of hydrogen-bond donors (Lipinski definition) is 1. The van der Waals surface area contributed by atoms with E-state index in [2.05, 4.69) is 5.32 Å². The topological polar surface area (TPSA) is 66.5 Å². The number of rotatable bonds is 7. The Bertz CT molecular complexity index is 934. The van der Waals surface area contributed by atoms with Gasteiger partial charge in [-0.3, -0.25) is 4.79 Å². The lowest BCUT2D eigenvalue weighted by Gasteiger charge is -2.30. The van der Waals surface area contributed by atoms with Crippen molar-refractivity contribution in [2.24, 2.45) is 5.92 Å². The number of amides is 1. The molecule has 1 fully saturated rings. The Labute approximate surface area is 174 Å². The number of benzene rings is 2. The number of aryl methyl sites for hydroxylation is 2. The highest BCUT2D eigenvalue weighted by atomic mass is 32.2. The molecule has 0 bridgehead atoms. The number of anilines is 1. The van der Waals surface area contributed by atoms with Crippen molar-refractivity contribution in [3.8, 4) is 0 Å². The molecule has 0 saturated carbocycles. The SMILES string of the molecule is Cc1cccc(NC(=O)C2CCN(S(=O)(=O)CCCc3ccccc3)CC2)c1C. The van der Waals surface area contributed by atoms with Gasteiger partial charge in [0.2, 0.25) is 15.9 Å². The van der Waals surface area contributed by atoms with E-state index in [1.807, 2.05) is 62.4 Å². The zero-order chi connectivity index (χ0) is 20.9. The van der Waals surface area contributed by atoms with Crippen molar-refractivity contribution in [3.05, 3.63) is 65.2 Å². The molecule has 1 aliphatic heterocycles. The van der Waals surface area contributed by atoms with Gasteiger partial charge in [-0.25, -0.2) is 12.7 Å². The van der Waals surface area contributed by atoms with Gasteiger partial charge in [0.15, 0.2) is 0 Å². The van der Waals surface area contributed by atoms with Crippen LogP contribution in [0.2, 0.25) is 0 Å². The third-order valence-electron chi connectivity index (χ3n) is 5.79. The highest BCUT2D eigenvalue weighted by molar-refractivity contribution is 7.89. The Kier molecular flexibility index (Phi) is 7.09. The van der Waals surface area contributed by atoms with E-state index in [1.54, 1.807) is 4.31 Å². The first-order valence-electron chi connectivity index (χ1n) is 10.3. The molecular weight excluding hydrogens is 384 g/mol. The van der Waals surface area contributed by atoms with Crippen LogP contribution in [0.3, 0.4) is 0 Å². The number of nitrogens with one attached hydrogen (secondary N) is 1. The molecule has 3 rings (SSSR count). The van der Waals surface area contributed by atoms with Crippen molar-refractivity contribution in [1.29, 1.82) is 0 Å². The van der Waals surface area contributed by atoms with E-state index in [9.17, 15) is 13.2 Å². The molecule has 5 nitrogen and oxygen atoms in total. The Hall–Kier alpha value is -2.18. The van der Waals surface area contributed by atoms with E-state index in [0.29, 0.717) is 32.4 Å². The van der Waals surface area contributed by atoms with Gasteiger partial charge in [-0.15, -0.1) is 0 Å². The molecule has 0 radical (unpaired) electrons. The zero-order valence-corrected chi connectivity index (χ0v) is 18.0. The van der Waals surface area contributed by atoms with Gasteiger partial charge in [-0.05, 0) is 62.3 Å². The van der Waals surface area contributed by atoms with E-state index in [4.69, 9.17) is 0 Å². The number of sulfonamides is 1. The molecule has 0 aliphatic carbocycles. The molecule has 156 valence electrons. The Balaban J connectivity index is 1.48. The maximum absolute atomic E-state index is 12.7. The summed E-state index contributed by atoms with van der Waals surface area (Å²) in [6, 6.07) is 15.8. The molecular formula is C23H30N2O3S. The molecule has 0 atom stereocenters. The van der Waals surface area contributed by atoms with Crippen molar-refractivity contribution in [2.45, 2.75) is 39.5 Å². The van der Waals surface area contributed by atoms with Gasteiger partial charge >= 0.3 is 0 Å². The van der Waals surface area contributed by atoms with Crippen molar-refractivity contribution in [3.63, 3.8) is 0 Å². The molecule has 0 aromatic heterocycles. The first-order chi connectivity index (χ1) is 13.9. The molecule has 0 unspecified atom stereocenters. The summed E-state index contributed by atoms with van der Waals surface area (Å²) in [4.78, 5) is 12.6. The van der Waals surface area contributed by atoms with Crippen molar-refractivity contribution < 1.29 is 13.2 Å². The van der Waals surface area contributed by atoms with Gasteiger partial charge in [0.1, 0.15) is 0 Å². The number of nitrogens with zero attached hydrogens (tertiary/aromatic N) is 1. The second-order valence-corrected chi connectivity index (χ2v) is 9.90. The lowest BCUT2D eigenvalue weighted by atomic mass is 9.97. The van der Waals surface area contributed by atoms with E-state index < -0.39 is 10.0 Å². The standard InChI is InChI=1S/C23H30N2O3S/c1-18-8-6-12-22(19(18)2)24-23(26)21-13-15-25(16-14-21)29(27,28)17-7-11-20-9-4-3-5-10-20/h3-6,8-10,12,21H,7,11,13-17H2,1-2H3,(H,24,26). The molecule has 1 amide bonds. The highest BCUT2D eigenvalue weighted by Crippen LogP contribution is 2.24. The minimum absolute atomic E-state index is 0.0141. The smallest absolute Gasteiger partial charge is 0.227 e. The third kappa shape index (κ3) is 5.67. The molecule has 2 aromatic rings. The van der Waals surface area contributed by atoms with Crippen LogP contribution in [0, 0.1) is 19.8 Å². The summed E-state index contributed by atoms with van der Waals surface area (Å²) >= 11 is 0. The summed E-state index contributed by atoms with van der Waals surface area (Å²) in [7, 11) is -3.27. The van der Waals surface area contributed by atoms with Crippen LogP contribution in [0.25, 0.3) is 0 Å². The van der Waals surface area contributed by atoms with Crippen molar-refractivity contribution >= 4 is 21.6 Å². The quantitative estimate of drug-likeness (QED) is 0.747. The second kappa shape index (κ2) is 9.55. The summed E-state index contributed by atoms with van der Waals surface area (Å²) in [5.41, 5.74) is 4.20. The largest absolute Gasteiger partial charge is 0.326 e.